The van der Waals surface area contributed by atoms with Gasteiger partial charge in [-0.15, -0.1) is 23.5 Å². The molecule has 0 fully saturated rings. The van der Waals surface area contributed by atoms with Crippen molar-refractivity contribution >= 4 is 23.5 Å². The summed E-state index contributed by atoms with van der Waals surface area (Å²) in [5.41, 5.74) is 0.604. The Labute approximate surface area is 164 Å². The molecule has 0 saturated carbocycles. The number of nitrogens with zero attached hydrogens (tertiary/aromatic N) is 2. The molecule has 27 heavy (non-hydrogen) atoms. The molecule has 0 bridgehead atoms. The molecule has 7 heteroatoms. The third-order valence-electron chi connectivity index (χ3n) is 3.79. The second-order valence-electron chi connectivity index (χ2n) is 5.63. The van der Waals surface area contributed by atoms with Crippen LogP contribution in [0.1, 0.15) is 11.5 Å². The van der Waals surface area contributed by atoms with Crippen LogP contribution in [0.3, 0.4) is 0 Å². The standard InChI is InChI=1S/C20H16N2O3S2/c23-20-19(27-14-17-9-5-11-25-17)18(26-13-16-8-4-10-24-16)12-21-22(20)15-6-2-1-3-7-15/h1-12H,13-14H2. The molecule has 0 aliphatic rings. The zero-order chi connectivity index (χ0) is 18.5. The molecule has 0 saturated heterocycles. The third-order valence-corrected chi connectivity index (χ3v) is 6.08. The third kappa shape index (κ3) is 4.20. The number of thioether (sulfide) groups is 2. The van der Waals surface area contributed by atoms with Crippen molar-refractivity contribution < 1.29 is 8.83 Å². The van der Waals surface area contributed by atoms with Crippen molar-refractivity contribution in [2.24, 2.45) is 0 Å². The van der Waals surface area contributed by atoms with Crippen LogP contribution in [0.25, 0.3) is 5.69 Å². The summed E-state index contributed by atoms with van der Waals surface area (Å²) in [5.74, 6) is 2.89. The summed E-state index contributed by atoms with van der Waals surface area (Å²) in [6, 6.07) is 16.9. The number of hydrogen-bond acceptors (Lipinski definition) is 6. The van der Waals surface area contributed by atoms with Crippen molar-refractivity contribution in [1.29, 1.82) is 0 Å². The molecule has 4 rings (SSSR count). The molecule has 0 amide bonds. The lowest BCUT2D eigenvalue weighted by Gasteiger charge is -2.11. The minimum Gasteiger partial charge on any atom is -0.468 e. The highest BCUT2D eigenvalue weighted by atomic mass is 32.2. The van der Waals surface area contributed by atoms with E-state index in [4.69, 9.17) is 8.83 Å². The maximum atomic E-state index is 13.1. The Morgan fingerprint density at radius 2 is 1.52 bits per heavy atom. The monoisotopic (exact) mass is 396 g/mol. The number of furan rings is 2. The van der Waals surface area contributed by atoms with Crippen LogP contribution in [0.5, 0.6) is 0 Å². The normalized spacial score (nSPS) is 11.0. The fraction of sp³-hybridized carbons (Fsp3) is 0.100. The summed E-state index contributed by atoms with van der Waals surface area (Å²) in [4.78, 5) is 14.6. The van der Waals surface area contributed by atoms with Gasteiger partial charge >= 0.3 is 0 Å². The molecule has 0 radical (unpaired) electrons. The maximum Gasteiger partial charge on any atom is 0.286 e. The average Bonchev–Trinajstić information content (AvgIpc) is 3.40. The fourth-order valence-corrected chi connectivity index (χ4v) is 4.50. The molecule has 1 aromatic carbocycles. The lowest BCUT2D eigenvalue weighted by Crippen LogP contribution is -2.23. The zero-order valence-electron chi connectivity index (χ0n) is 14.3. The fourth-order valence-electron chi connectivity index (χ4n) is 2.49. The van der Waals surface area contributed by atoms with Gasteiger partial charge in [0, 0.05) is 4.90 Å². The Kier molecular flexibility index (Phi) is 5.50. The Morgan fingerprint density at radius 1 is 0.852 bits per heavy atom. The van der Waals surface area contributed by atoms with Crippen LogP contribution in [0.4, 0.5) is 0 Å². The molecule has 0 spiro atoms. The lowest BCUT2D eigenvalue weighted by molar-refractivity contribution is 0.529. The van der Waals surface area contributed by atoms with Gasteiger partial charge in [-0.3, -0.25) is 4.79 Å². The second kappa shape index (κ2) is 8.37. The van der Waals surface area contributed by atoms with E-state index in [1.807, 2.05) is 54.6 Å². The van der Waals surface area contributed by atoms with Gasteiger partial charge in [0.15, 0.2) is 0 Å². The quantitative estimate of drug-likeness (QED) is 0.410. The first-order valence-corrected chi connectivity index (χ1v) is 10.3. The predicted molar refractivity (Wildman–Crippen MR) is 106 cm³/mol. The molecule has 136 valence electrons. The van der Waals surface area contributed by atoms with Gasteiger partial charge in [-0.1, -0.05) is 18.2 Å². The van der Waals surface area contributed by atoms with Crippen LogP contribution in [-0.4, -0.2) is 9.78 Å². The van der Waals surface area contributed by atoms with Crippen LogP contribution in [0.2, 0.25) is 0 Å². The molecule has 3 heterocycles. The van der Waals surface area contributed by atoms with Crippen molar-refractivity contribution in [2.45, 2.75) is 21.3 Å². The minimum absolute atomic E-state index is 0.137. The van der Waals surface area contributed by atoms with E-state index in [-0.39, 0.29) is 5.56 Å². The molecule has 0 atom stereocenters. The first-order valence-electron chi connectivity index (χ1n) is 8.29. The van der Waals surface area contributed by atoms with Crippen molar-refractivity contribution in [2.75, 3.05) is 0 Å². The van der Waals surface area contributed by atoms with Crippen molar-refractivity contribution in [3.8, 4) is 5.69 Å². The topological polar surface area (TPSA) is 61.2 Å². The van der Waals surface area contributed by atoms with Gasteiger partial charge in [0.1, 0.15) is 11.5 Å². The number of para-hydroxylation sites is 1. The van der Waals surface area contributed by atoms with Crippen molar-refractivity contribution in [1.82, 2.24) is 9.78 Å². The maximum absolute atomic E-state index is 13.1. The SMILES string of the molecule is O=c1c(SCc2ccco2)c(SCc2ccco2)cnn1-c1ccccc1. The van der Waals surface area contributed by atoms with Gasteiger partial charge in [-0.25, -0.2) is 0 Å². The Bertz CT molecular complexity index is 1040. The Balaban J connectivity index is 1.66. The van der Waals surface area contributed by atoms with E-state index in [9.17, 15) is 4.79 Å². The van der Waals surface area contributed by atoms with E-state index in [2.05, 4.69) is 5.10 Å². The first-order chi connectivity index (χ1) is 13.3. The summed E-state index contributed by atoms with van der Waals surface area (Å²) < 4.78 is 12.2. The molecule has 0 aliphatic heterocycles. The van der Waals surface area contributed by atoms with Gasteiger partial charge in [-0.05, 0) is 36.4 Å². The molecular formula is C20H16N2O3S2. The van der Waals surface area contributed by atoms with E-state index in [1.165, 1.54) is 28.2 Å². The molecule has 5 nitrogen and oxygen atoms in total. The molecule has 0 aliphatic carbocycles. The van der Waals surface area contributed by atoms with Gasteiger partial charge in [0.2, 0.25) is 0 Å². The number of aromatic nitrogens is 2. The summed E-state index contributed by atoms with van der Waals surface area (Å²) in [6.45, 7) is 0. The number of hydrogen-bond donors (Lipinski definition) is 0. The van der Waals surface area contributed by atoms with E-state index in [1.54, 1.807) is 18.7 Å². The van der Waals surface area contributed by atoms with E-state index in [0.29, 0.717) is 16.4 Å². The van der Waals surface area contributed by atoms with Crippen LogP contribution in [0, 0.1) is 0 Å². The lowest BCUT2D eigenvalue weighted by atomic mass is 10.3. The molecule has 0 unspecified atom stereocenters. The van der Waals surface area contributed by atoms with Gasteiger partial charge in [0.05, 0.1) is 40.8 Å². The predicted octanol–water partition coefficient (Wildman–Crippen LogP) is 5.00. The van der Waals surface area contributed by atoms with Gasteiger partial charge in [0.25, 0.3) is 5.56 Å². The van der Waals surface area contributed by atoms with Gasteiger partial charge in [-0.2, -0.15) is 9.78 Å². The van der Waals surface area contributed by atoms with E-state index < -0.39 is 0 Å². The molecular weight excluding hydrogens is 380 g/mol. The van der Waals surface area contributed by atoms with Crippen molar-refractivity contribution in [3.63, 3.8) is 0 Å². The highest BCUT2D eigenvalue weighted by Crippen LogP contribution is 2.32. The van der Waals surface area contributed by atoms with Crippen LogP contribution < -0.4 is 5.56 Å². The molecule has 0 N–H and O–H groups in total. The van der Waals surface area contributed by atoms with Crippen LogP contribution in [-0.2, 0) is 11.5 Å². The summed E-state index contributed by atoms with van der Waals surface area (Å²) in [5, 5.41) is 4.37. The molecule has 3 aromatic heterocycles. The van der Waals surface area contributed by atoms with E-state index in [0.717, 1.165) is 22.1 Å². The Hall–Kier alpha value is -2.64. The summed E-state index contributed by atoms with van der Waals surface area (Å²) in [6.07, 6.45) is 5.03. The summed E-state index contributed by atoms with van der Waals surface area (Å²) >= 11 is 3.00. The smallest absolute Gasteiger partial charge is 0.286 e. The second-order valence-corrected chi connectivity index (χ2v) is 7.63. The Morgan fingerprint density at radius 3 is 2.15 bits per heavy atom. The highest BCUT2D eigenvalue weighted by Gasteiger charge is 2.15. The minimum atomic E-state index is -0.137. The van der Waals surface area contributed by atoms with Crippen LogP contribution in [0.15, 0.2) is 96.7 Å². The largest absolute Gasteiger partial charge is 0.468 e. The van der Waals surface area contributed by atoms with E-state index >= 15 is 0 Å². The van der Waals surface area contributed by atoms with Crippen molar-refractivity contribution in [3.05, 3.63) is 95.2 Å². The number of rotatable bonds is 7. The molecule has 4 aromatic rings. The number of benzene rings is 1. The summed E-state index contributed by atoms with van der Waals surface area (Å²) in [7, 11) is 0. The van der Waals surface area contributed by atoms with Crippen LogP contribution >= 0.6 is 23.5 Å². The highest BCUT2D eigenvalue weighted by molar-refractivity contribution is 8.01. The zero-order valence-corrected chi connectivity index (χ0v) is 15.9. The first kappa shape index (κ1) is 17.8. The van der Waals surface area contributed by atoms with Gasteiger partial charge < -0.3 is 8.83 Å². The average molecular weight is 396 g/mol.